The lowest BCUT2D eigenvalue weighted by Gasteiger charge is -2.47. The van der Waals surface area contributed by atoms with Crippen LogP contribution in [0.2, 0.25) is 0 Å². The maximum Gasteiger partial charge on any atom is 0.350 e. The third-order valence-electron chi connectivity index (χ3n) is 7.73. The quantitative estimate of drug-likeness (QED) is 0.654. The molecule has 0 aromatic heterocycles. The highest BCUT2D eigenvalue weighted by Crippen LogP contribution is 2.40. The van der Waals surface area contributed by atoms with Crippen LogP contribution in [-0.4, -0.2) is 41.4 Å². The average Bonchev–Trinajstić information content (AvgIpc) is 3.10. The topological polar surface area (TPSA) is 47.9 Å². The van der Waals surface area contributed by atoms with Gasteiger partial charge in [-0.2, -0.15) is 4.99 Å². The van der Waals surface area contributed by atoms with Gasteiger partial charge < -0.3 is 5.32 Å². The van der Waals surface area contributed by atoms with Gasteiger partial charge in [0.15, 0.2) is 0 Å². The molecule has 1 atom stereocenters. The minimum Gasteiger partial charge on any atom is -0.369 e. The minimum atomic E-state index is -0.546. The number of piperidine rings is 1. The van der Waals surface area contributed by atoms with E-state index in [4.69, 9.17) is 0 Å². The lowest BCUT2D eigenvalue weighted by atomic mass is 9.83. The molecule has 0 bridgehead atoms. The number of carbonyl (C=O) groups is 1. The molecule has 2 aromatic carbocycles. The molecule has 1 saturated heterocycles. The monoisotopic (exact) mass is 448 g/mol. The molecule has 2 aromatic rings. The number of aliphatic imine (C=N–C) groups is 1. The van der Waals surface area contributed by atoms with Gasteiger partial charge in [-0.05, 0) is 56.4 Å². The molecule has 1 N–H and O–H groups in total. The molecule has 1 saturated carbocycles. The van der Waals surface area contributed by atoms with Gasteiger partial charge in [-0.3, -0.25) is 9.80 Å². The third kappa shape index (κ3) is 4.29. The molecule has 1 unspecified atom stereocenters. The number of likely N-dealkylation sites (tertiary alicyclic amines) is 1. The summed E-state index contributed by atoms with van der Waals surface area (Å²) in [5.41, 5.74) is 1.34. The molecule has 3 aliphatic rings. The predicted molar refractivity (Wildman–Crippen MR) is 130 cm³/mol. The van der Waals surface area contributed by atoms with Crippen molar-refractivity contribution >= 4 is 17.6 Å². The Bertz CT molecular complexity index is 1010. The molecule has 6 heteroatoms. The zero-order valence-corrected chi connectivity index (χ0v) is 19.3. The Morgan fingerprint density at radius 3 is 2.45 bits per heavy atom. The zero-order valence-electron chi connectivity index (χ0n) is 19.3. The fraction of sp³-hybridized carbons (Fsp3) is 0.481. The molecule has 2 aliphatic heterocycles. The highest BCUT2D eigenvalue weighted by molar-refractivity contribution is 6.16. The Labute approximate surface area is 195 Å². The van der Waals surface area contributed by atoms with Crippen LogP contribution in [0.3, 0.4) is 0 Å². The first kappa shape index (κ1) is 22.1. The van der Waals surface area contributed by atoms with Crippen LogP contribution in [0.15, 0.2) is 59.6 Å². The number of amidine groups is 1. The van der Waals surface area contributed by atoms with Gasteiger partial charge in [0.2, 0.25) is 0 Å². The van der Waals surface area contributed by atoms with E-state index in [1.165, 1.54) is 37.0 Å². The SMILES string of the molecule is CC(c1ccccc1)N1CCC2(CC1)C(NC1CCCCC1)=NC(=O)N2c1cccc(F)c1. The van der Waals surface area contributed by atoms with Crippen molar-refractivity contribution in [1.82, 2.24) is 10.2 Å². The van der Waals surface area contributed by atoms with Crippen molar-refractivity contribution in [3.05, 3.63) is 66.0 Å². The zero-order chi connectivity index (χ0) is 22.8. The predicted octanol–water partition coefficient (Wildman–Crippen LogP) is 5.68. The largest absolute Gasteiger partial charge is 0.369 e. The van der Waals surface area contributed by atoms with Crippen LogP contribution < -0.4 is 10.2 Å². The molecule has 5 rings (SSSR count). The number of anilines is 1. The molecular formula is C27H33FN4O. The van der Waals surface area contributed by atoms with Gasteiger partial charge in [-0.15, -0.1) is 0 Å². The second kappa shape index (κ2) is 9.26. The second-order valence-electron chi connectivity index (χ2n) is 9.69. The standard InChI is InChI=1S/C27H33FN4O/c1-20(21-9-4-2-5-10-21)31-17-15-27(16-18-31)25(29-23-12-6-3-7-13-23)30-26(33)32(27)24-14-8-11-22(28)19-24/h2,4-5,8-11,14,19-20,23H,3,6-7,12-13,15-18H2,1H3,(H,29,30,33). The van der Waals surface area contributed by atoms with Crippen molar-refractivity contribution < 1.29 is 9.18 Å². The lowest BCUT2D eigenvalue weighted by molar-refractivity contribution is 0.146. The number of benzene rings is 2. The van der Waals surface area contributed by atoms with E-state index in [1.54, 1.807) is 11.0 Å². The van der Waals surface area contributed by atoms with E-state index < -0.39 is 5.54 Å². The molecule has 2 fully saturated rings. The Morgan fingerprint density at radius 1 is 1.03 bits per heavy atom. The van der Waals surface area contributed by atoms with Crippen LogP contribution in [0.5, 0.6) is 0 Å². The summed E-state index contributed by atoms with van der Waals surface area (Å²) in [7, 11) is 0. The summed E-state index contributed by atoms with van der Waals surface area (Å²) < 4.78 is 14.1. The number of hydrogen-bond donors (Lipinski definition) is 1. The van der Waals surface area contributed by atoms with Crippen LogP contribution >= 0.6 is 0 Å². The number of hydrogen-bond acceptors (Lipinski definition) is 3. The van der Waals surface area contributed by atoms with Crippen molar-refractivity contribution in [1.29, 1.82) is 0 Å². The van der Waals surface area contributed by atoms with Gasteiger partial charge in [0.25, 0.3) is 0 Å². The highest BCUT2D eigenvalue weighted by Gasteiger charge is 2.52. The van der Waals surface area contributed by atoms with Crippen LogP contribution in [-0.2, 0) is 0 Å². The molecule has 0 radical (unpaired) electrons. The van der Waals surface area contributed by atoms with Crippen LogP contribution in [0.4, 0.5) is 14.9 Å². The average molecular weight is 449 g/mol. The van der Waals surface area contributed by atoms with Gasteiger partial charge in [0.1, 0.15) is 17.2 Å². The van der Waals surface area contributed by atoms with Crippen molar-refractivity contribution in [3.8, 4) is 0 Å². The van der Waals surface area contributed by atoms with E-state index in [2.05, 4.69) is 46.4 Å². The van der Waals surface area contributed by atoms with Gasteiger partial charge >= 0.3 is 6.03 Å². The van der Waals surface area contributed by atoms with Crippen molar-refractivity contribution in [2.75, 3.05) is 18.0 Å². The van der Waals surface area contributed by atoms with E-state index in [1.807, 2.05) is 12.1 Å². The van der Waals surface area contributed by atoms with Crippen molar-refractivity contribution in [2.24, 2.45) is 4.99 Å². The Kier molecular flexibility index (Phi) is 6.19. The van der Waals surface area contributed by atoms with Gasteiger partial charge in [0, 0.05) is 30.9 Å². The molecule has 2 amide bonds. The fourth-order valence-corrected chi connectivity index (χ4v) is 5.80. The summed E-state index contributed by atoms with van der Waals surface area (Å²) in [5, 5.41) is 3.67. The van der Waals surface area contributed by atoms with E-state index >= 15 is 0 Å². The van der Waals surface area contributed by atoms with Gasteiger partial charge in [-0.25, -0.2) is 9.18 Å². The Morgan fingerprint density at radius 2 is 1.76 bits per heavy atom. The first-order chi connectivity index (χ1) is 16.1. The van der Waals surface area contributed by atoms with Crippen molar-refractivity contribution in [2.45, 2.75) is 69.5 Å². The summed E-state index contributed by atoms with van der Waals surface area (Å²) in [5.74, 6) is 0.454. The molecule has 2 heterocycles. The normalized spacial score (nSPS) is 22.4. The molecule has 1 spiro atoms. The number of urea groups is 1. The van der Waals surface area contributed by atoms with E-state index in [9.17, 15) is 9.18 Å². The molecule has 174 valence electrons. The third-order valence-corrected chi connectivity index (χ3v) is 7.73. The van der Waals surface area contributed by atoms with E-state index in [0.29, 0.717) is 17.8 Å². The maximum atomic E-state index is 14.1. The fourth-order valence-electron chi connectivity index (χ4n) is 5.80. The number of nitrogens with zero attached hydrogens (tertiary/aromatic N) is 3. The van der Waals surface area contributed by atoms with E-state index in [0.717, 1.165) is 44.6 Å². The summed E-state index contributed by atoms with van der Waals surface area (Å²) in [6.07, 6.45) is 7.46. The maximum absolute atomic E-state index is 14.1. The lowest BCUT2D eigenvalue weighted by Crippen LogP contribution is -2.62. The minimum absolute atomic E-state index is 0.288. The van der Waals surface area contributed by atoms with Crippen LogP contribution in [0.25, 0.3) is 0 Å². The molecule has 33 heavy (non-hydrogen) atoms. The first-order valence-electron chi connectivity index (χ1n) is 12.3. The van der Waals surface area contributed by atoms with E-state index in [-0.39, 0.29) is 11.8 Å². The summed E-state index contributed by atoms with van der Waals surface area (Å²) >= 11 is 0. The van der Waals surface area contributed by atoms with Crippen LogP contribution in [0, 0.1) is 5.82 Å². The molecule has 5 nitrogen and oxygen atoms in total. The molecular weight excluding hydrogens is 415 g/mol. The van der Waals surface area contributed by atoms with Crippen LogP contribution in [0.1, 0.15) is 63.5 Å². The highest BCUT2D eigenvalue weighted by atomic mass is 19.1. The number of nitrogens with one attached hydrogen (secondary N) is 1. The number of rotatable bonds is 4. The Hall–Kier alpha value is -2.73. The Balaban J connectivity index is 1.42. The van der Waals surface area contributed by atoms with Gasteiger partial charge in [-0.1, -0.05) is 55.7 Å². The number of carbonyl (C=O) groups excluding carboxylic acids is 1. The second-order valence-corrected chi connectivity index (χ2v) is 9.69. The summed E-state index contributed by atoms with van der Waals surface area (Å²) in [4.78, 5) is 22.0. The summed E-state index contributed by atoms with van der Waals surface area (Å²) in [6.45, 7) is 3.94. The number of halogens is 1. The number of amides is 2. The smallest absolute Gasteiger partial charge is 0.350 e. The van der Waals surface area contributed by atoms with Crippen molar-refractivity contribution in [3.63, 3.8) is 0 Å². The molecule has 1 aliphatic carbocycles. The summed E-state index contributed by atoms with van der Waals surface area (Å²) in [6, 6.07) is 17.3. The van der Waals surface area contributed by atoms with Gasteiger partial charge in [0.05, 0.1) is 0 Å². The first-order valence-corrected chi connectivity index (χ1v) is 12.3.